The number of thioether (sulfide) groups is 1. The minimum atomic E-state index is 0.0910. The minimum Gasteiger partial charge on any atom is -0.358 e. The molecule has 0 bridgehead atoms. The lowest BCUT2D eigenvalue weighted by molar-refractivity contribution is -0.119. The van der Waals surface area contributed by atoms with Gasteiger partial charge in [0.15, 0.2) is 0 Å². The highest BCUT2D eigenvalue weighted by molar-refractivity contribution is 8.23. The van der Waals surface area contributed by atoms with Crippen LogP contribution in [0.2, 0.25) is 0 Å². The molecule has 3 rings (SSSR count). The second kappa shape index (κ2) is 7.47. The second-order valence-electron chi connectivity index (χ2n) is 5.96. The molecule has 3 nitrogen and oxygen atoms in total. The molecule has 5 heteroatoms. The van der Waals surface area contributed by atoms with Gasteiger partial charge in [0.25, 0.3) is 0 Å². The van der Waals surface area contributed by atoms with E-state index in [1.165, 1.54) is 35.7 Å². The molecule has 1 aromatic rings. The monoisotopic (exact) mass is 334 g/mol. The molecular formula is C17H22N2OS2. The number of nitrogens with one attached hydrogen (secondary N) is 1. The number of thiocarbonyl (C=S) groups is 1. The molecule has 0 saturated carbocycles. The molecule has 22 heavy (non-hydrogen) atoms. The molecule has 0 radical (unpaired) electrons. The normalized spacial score (nSPS) is 20.5. The minimum absolute atomic E-state index is 0.0910. The van der Waals surface area contributed by atoms with Crippen molar-refractivity contribution in [3.05, 3.63) is 35.4 Å². The van der Waals surface area contributed by atoms with E-state index in [9.17, 15) is 4.79 Å². The molecule has 1 saturated heterocycles. The number of fused-ring (bicyclic) bond motifs is 1. The van der Waals surface area contributed by atoms with E-state index < -0.39 is 0 Å². The Balaban J connectivity index is 1.51. The van der Waals surface area contributed by atoms with Gasteiger partial charge in [-0.05, 0) is 43.2 Å². The molecular weight excluding hydrogens is 312 g/mol. The lowest BCUT2D eigenvalue weighted by Gasteiger charge is -2.26. The smallest absolute Gasteiger partial charge is 0.230 e. The van der Waals surface area contributed by atoms with Crippen LogP contribution in [0.15, 0.2) is 24.3 Å². The lowest BCUT2D eigenvalue weighted by Crippen LogP contribution is -2.33. The largest absolute Gasteiger partial charge is 0.358 e. The summed E-state index contributed by atoms with van der Waals surface area (Å²) in [4.78, 5) is 14.4. The number of nitrogens with zero attached hydrogens (tertiary/aromatic N) is 1. The Morgan fingerprint density at radius 2 is 2.05 bits per heavy atom. The van der Waals surface area contributed by atoms with Crippen LogP contribution in [0.5, 0.6) is 0 Å². The van der Waals surface area contributed by atoms with Crippen LogP contribution in [0.25, 0.3) is 0 Å². The SMILES string of the molecule is O=C(CSC(=S)N1CCCC1)NC1CCCc2ccccc21. The van der Waals surface area contributed by atoms with Gasteiger partial charge in [-0.15, -0.1) is 0 Å². The van der Waals surface area contributed by atoms with Crippen LogP contribution >= 0.6 is 24.0 Å². The van der Waals surface area contributed by atoms with Gasteiger partial charge in [0.1, 0.15) is 4.32 Å². The van der Waals surface area contributed by atoms with E-state index in [1.807, 2.05) is 0 Å². The van der Waals surface area contributed by atoms with Crippen LogP contribution in [-0.2, 0) is 11.2 Å². The maximum absolute atomic E-state index is 12.2. The first-order valence-electron chi connectivity index (χ1n) is 8.03. The number of aryl methyl sites for hydroxylation is 1. The van der Waals surface area contributed by atoms with E-state index in [0.717, 1.165) is 36.7 Å². The Morgan fingerprint density at radius 3 is 2.86 bits per heavy atom. The first-order valence-corrected chi connectivity index (χ1v) is 9.42. The Labute approximate surface area is 141 Å². The van der Waals surface area contributed by atoms with Gasteiger partial charge in [-0.2, -0.15) is 0 Å². The fourth-order valence-corrected chi connectivity index (χ4v) is 4.32. The van der Waals surface area contributed by atoms with Crippen molar-refractivity contribution in [3.63, 3.8) is 0 Å². The van der Waals surface area contributed by atoms with Crippen molar-refractivity contribution in [2.45, 2.75) is 38.1 Å². The molecule has 0 aromatic heterocycles. The van der Waals surface area contributed by atoms with Crippen LogP contribution in [0, 0.1) is 0 Å². The first-order chi connectivity index (χ1) is 10.7. The van der Waals surface area contributed by atoms with Crippen LogP contribution in [-0.4, -0.2) is 34.0 Å². The summed E-state index contributed by atoms with van der Waals surface area (Å²) in [5.74, 6) is 0.516. The van der Waals surface area contributed by atoms with E-state index in [0.29, 0.717) is 5.75 Å². The number of carbonyl (C=O) groups is 1. The molecule has 1 aromatic carbocycles. The van der Waals surface area contributed by atoms with Crippen molar-refractivity contribution in [2.24, 2.45) is 0 Å². The number of hydrogen-bond donors (Lipinski definition) is 1. The van der Waals surface area contributed by atoms with Gasteiger partial charge < -0.3 is 10.2 Å². The molecule has 0 spiro atoms. The predicted molar refractivity (Wildman–Crippen MR) is 96.1 cm³/mol. The van der Waals surface area contributed by atoms with Gasteiger partial charge in [-0.3, -0.25) is 4.79 Å². The van der Waals surface area contributed by atoms with Crippen LogP contribution < -0.4 is 5.32 Å². The Kier molecular flexibility index (Phi) is 5.37. The summed E-state index contributed by atoms with van der Waals surface area (Å²) in [5.41, 5.74) is 2.66. The van der Waals surface area contributed by atoms with Crippen LogP contribution in [0.1, 0.15) is 42.9 Å². The standard InChI is InChI=1S/C17H22N2OS2/c20-16(12-22-17(21)19-10-3-4-11-19)18-15-9-5-7-13-6-1-2-8-14(13)15/h1-2,6,8,15H,3-5,7,9-12H2,(H,18,20). The fourth-order valence-electron chi connectivity index (χ4n) is 3.26. The van der Waals surface area contributed by atoms with Crippen LogP contribution in [0.3, 0.4) is 0 Å². The zero-order valence-electron chi connectivity index (χ0n) is 12.7. The summed E-state index contributed by atoms with van der Waals surface area (Å²) in [7, 11) is 0. The first kappa shape index (κ1) is 15.8. The van der Waals surface area contributed by atoms with Gasteiger partial charge in [0.05, 0.1) is 11.8 Å². The maximum atomic E-state index is 12.2. The molecule has 1 atom stereocenters. The Bertz CT molecular complexity index is 555. The number of likely N-dealkylation sites (tertiary alicyclic amines) is 1. The van der Waals surface area contributed by atoms with E-state index in [4.69, 9.17) is 12.2 Å². The summed E-state index contributed by atoms with van der Waals surface area (Å²) in [6, 6.07) is 8.61. The highest BCUT2D eigenvalue weighted by Gasteiger charge is 2.22. The summed E-state index contributed by atoms with van der Waals surface area (Å²) in [5, 5.41) is 3.18. The molecule has 1 aliphatic carbocycles. The fraction of sp³-hybridized carbons (Fsp3) is 0.529. The van der Waals surface area contributed by atoms with Crippen molar-refractivity contribution < 1.29 is 4.79 Å². The average molecular weight is 335 g/mol. The third-order valence-corrected chi connectivity index (χ3v) is 5.92. The molecule has 118 valence electrons. The highest BCUT2D eigenvalue weighted by atomic mass is 32.2. The van der Waals surface area contributed by atoms with Crippen LogP contribution in [0.4, 0.5) is 0 Å². The Hall–Kier alpha value is -1.07. The van der Waals surface area contributed by atoms with Crippen molar-refractivity contribution in [3.8, 4) is 0 Å². The van der Waals surface area contributed by atoms with Crippen molar-refractivity contribution in [1.29, 1.82) is 0 Å². The maximum Gasteiger partial charge on any atom is 0.230 e. The third kappa shape index (κ3) is 3.82. The summed E-state index contributed by atoms with van der Waals surface area (Å²) < 4.78 is 0.872. The second-order valence-corrected chi connectivity index (χ2v) is 7.57. The van der Waals surface area contributed by atoms with Crippen molar-refractivity contribution >= 4 is 34.2 Å². The third-order valence-electron chi connectivity index (χ3n) is 4.40. The lowest BCUT2D eigenvalue weighted by atomic mass is 9.88. The van der Waals surface area contributed by atoms with E-state index >= 15 is 0 Å². The van der Waals surface area contributed by atoms with Gasteiger partial charge >= 0.3 is 0 Å². The highest BCUT2D eigenvalue weighted by Crippen LogP contribution is 2.29. The number of carbonyl (C=O) groups excluding carboxylic acids is 1. The van der Waals surface area contributed by atoms with E-state index in [2.05, 4.69) is 34.5 Å². The number of hydrogen-bond acceptors (Lipinski definition) is 3. The summed E-state index contributed by atoms with van der Waals surface area (Å²) in [6.07, 6.45) is 5.72. The molecule has 1 amide bonds. The Morgan fingerprint density at radius 1 is 1.27 bits per heavy atom. The molecule has 1 fully saturated rings. The summed E-state index contributed by atoms with van der Waals surface area (Å²) in [6.45, 7) is 2.09. The topological polar surface area (TPSA) is 32.3 Å². The number of benzene rings is 1. The quantitative estimate of drug-likeness (QED) is 0.860. The molecule has 2 aliphatic rings. The summed E-state index contributed by atoms with van der Waals surface area (Å²) >= 11 is 6.91. The number of amides is 1. The predicted octanol–water partition coefficient (Wildman–Crippen LogP) is 3.29. The van der Waals surface area contributed by atoms with Gasteiger partial charge in [-0.25, -0.2) is 0 Å². The average Bonchev–Trinajstić information content (AvgIpc) is 3.07. The zero-order valence-corrected chi connectivity index (χ0v) is 14.3. The van der Waals surface area contributed by atoms with E-state index in [-0.39, 0.29) is 11.9 Å². The molecule has 1 N–H and O–H groups in total. The van der Waals surface area contributed by atoms with Gasteiger partial charge in [-0.1, -0.05) is 48.2 Å². The van der Waals surface area contributed by atoms with E-state index in [1.54, 1.807) is 0 Å². The molecule has 1 heterocycles. The zero-order chi connectivity index (χ0) is 15.4. The van der Waals surface area contributed by atoms with Gasteiger partial charge in [0.2, 0.25) is 5.91 Å². The van der Waals surface area contributed by atoms with Gasteiger partial charge in [0, 0.05) is 13.1 Å². The molecule has 1 unspecified atom stereocenters. The van der Waals surface area contributed by atoms with Crippen molar-refractivity contribution in [2.75, 3.05) is 18.8 Å². The van der Waals surface area contributed by atoms with Crippen molar-refractivity contribution in [1.82, 2.24) is 10.2 Å². The molecule has 1 aliphatic heterocycles. The number of rotatable bonds is 3.